The zero-order chi connectivity index (χ0) is 16.7. The molecule has 126 valence electrons. The number of hydrogen-bond acceptors (Lipinski definition) is 5. The summed E-state index contributed by atoms with van der Waals surface area (Å²) in [6, 6.07) is 7.57. The van der Waals surface area contributed by atoms with E-state index < -0.39 is 0 Å². The summed E-state index contributed by atoms with van der Waals surface area (Å²) in [6.45, 7) is 2.53. The van der Waals surface area contributed by atoms with Crippen molar-refractivity contribution in [2.24, 2.45) is 0 Å². The Morgan fingerprint density at radius 2 is 2.04 bits per heavy atom. The van der Waals surface area contributed by atoms with Crippen LogP contribution < -0.4 is 4.74 Å². The third kappa shape index (κ3) is 4.89. The smallest absolute Gasteiger partial charge is 0.325 e. The van der Waals surface area contributed by atoms with E-state index in [0.29, 0.717) is 12.4 Å². The van der Waals surface area contributed by atoms with Crippen LogP contribution in [0.5, 0.6) is 5.75 Å². The van der Waals surface area contributed by atoms with Crippen molar-refractivity contribution < 1.29 is 19.1 Å². The molecule has 5 nitrogen and oxygen atoms in total. The van der Waals surface area contributed by atoms with Crippen LogP contribution in [0, 0.1) is 0 Å². The van der Waals surface area contributed by atoms with Gasteiger partial charge in [0.05, 0.1) is 19.5 Å². The molecule has 6 heteroatoms. The zero-order valence-electron chi connectivity index (χ0n) is 13.6. The van der Waals surface area contributed by atoms with Crippen LogP contribution in [0.3, 0.4) is 0 Å². The van der Waals surface area contributed by atoms with Crippen LogP contribution in [0.15, 0.2) is 24.3 Å². The number of ether oxygens (including phenoxy) is 2. The van der Waals surface area contributed by atoms with Gasteiger partial charge in [-0.25, -0.2) is 0 Å². The second kappa shape index (κ2) is 8.82. The normalized spacial score (nSPS) is 17.4. The molecule has 1 aromatic carbocycles. The Kier molecular flexibility index (Phi) is 6.77. The Morgan fingerprint density at radius 1 is 1.30 bits per heavy atom. The molecule has 2 rings (SSSR count). The van der Waals surface area contributed by atoms with Gasteiger partial charge in [-0.3, -0.25) is 9.59 Å². The quantitative estimate of drug-likeness (QED) is 0.539. The molecule has 1 aliphatic rings. The van der Waals surface area contributed by atoms with Crippen LogP contribution in [0.25, 0.3) is 0 Å². The summed E-state index contributed by atoms with van der Waals surface area (Å²) in [5, 5.41) is -0.142. The molecule has 23 heavy (non-hydrogen) atoms. The maximum Gasteiger partial charge on any atom is 0.325 e. The molecule has 1 fully saturated rings. The Labute approximate surface area is 141 Å². The van der Waals surface area contributed by atoms with E-state index in [9.17, 15) is 9.59 Å². The molecule has 1 heterocycles. The van der Waals surface area contributed by atoms with Gasteiger partial charge in [0.2, 0.25) is 5.91 Å². The minimum atomic E-state index is -0.338. The summed E-state index contributed by atoms with van der Waals surface area (Å²) >= 11 is 1.53. The van der Waals surface area contributed by atoms with Crippen molar-refractivity contribution in [2.45, 2.75) is 31.6 Å². The molecular formula is C17H23NO4S. The van der Waals surface area contributed by atoms with Crippen molar-refractivity contribution in [1.29, 1.82) is 0 Å². The lowest BCUT2D eigenvalue weighted by atomic mass is 10.2. The Balaban J connectivity index is 1.94. The molecule has 1 aliphatic heterocycles. The highest BCUT2D eigenvalue weighted by Gasteiger charge is 2.34. The molecule has 1 unspecified atom stereocenters. The largest absolute Gasteiger partial charge is 0.497 e. The zero-order valence-corrected chi connectivity index (χ0v) is 14.4. The van der Waals surface area contributed by atoms with Gasteiger partial charge in [0.1, 0.15) is 17.7 Å². The minimum Gasteiger partial charge on any atom is -0.497 e. The maximum absolute atomic E-state index is 12.1. The molecule has 1 amide bonds. The summed E-state index contributed by atoms with van der Waals surface area (Å²) in [5.74, 6) is 0.793. The number of thioether (sulfide) groups is 1. The van der Waals surface area contributed by atoms with Crippen LogP contribution in [-0.4, -0.2) is 42.8 Å². The number of benzene rings is 1. The van der Waals surface area contributed by atoms with Gasteiger partial charge >= 0.3 is 5.97 Å². The number of carbonyl (C=O) groups is 2. The fourth-order valence-corrected chi connectivity index (χ4v) is 3.58. The van der Waals surface area contributed by atoms with Gasteiger partial charge in [0.15, 0.2) is 0 Å². The van der Waals surface area contributed by atoms with Crippen molar-refractivity contribution in [3.63, 3.8) is 0 Å². The van der Waals surface area contributed by atoms with Crippen molar-refractivity contribution in [1.82, 2.24) is 4.90 Å². The molecule has 1 saturated heterocycles. The molecule has 0 bridgehead atoms. The number of hydrogen-bond donors (Lipinski definition) is 0. The summed E-state index contributed by atoms with van der Waals surface area (Å²) < 4.78 is 10.4. The Hall–Kier alpha value is -1.69. The Morgan fingerprint density at radius 3 is 2.70 bits per heavy atom. The second-order valence-electron chi connectivity index (χ2n) is 5.39. The number of amides is 1. The van der Waals surface area contributed by atoms with E-state index in [-0.39, 0.29) is 23.8 Å². The summed E-state index contributed by atoms with van der Waals surface area (Å²) in [6.07, 6.45) is 2.99. The molecular weight excluding hydrogens is 314 g/mol. The summed E-state index contributed by atoms with van der Waals surface area (Å²) in [7, 11) is 1.61. The van der Waals surface area contributed by atoms with E-state index in [4.69, 9.17) is 9.47 Å². The van der Waals surface area contributed by atoms with Crippen molar-refractivity contribution in [3.8, 4) is 5.75 Å². The number of nitrogens with zero attached hydrogens (tertiary/aromatic N) is 1. The van der Waals surface area contributed by atoms with E-state index in [0.717, 1.165) is 30.6 Å². The fourth-order valence-electron chi connectivity index (χ4n) is 2.39. The monoisotopic (exact) mass is 337 g/mol. The third-order valence-corrected chi connectivity index (χ3v) is 4.94. The maximum atomic E-state index is 12.1. The number of unbranched alkanes of at least 4 members (excludes halogenated alkanes) is 2. The molecule has 0 aliphatic carbocycles. The highest BCUT2D eigenvalue weighted by molar-refractivity contribution is 8.00. The van der Waals surface area contributed by atoms with Gasteiger partial charge in [0, 0.05) is 0 Å². The van der Waals surface area contributed by atoms with Gasteiger partial charge in [-0.1, -0.05) is 31.9 Å². The molecule has 0 saturated carbocycles. The first-order valence-corrected chi connectivity index (χ1v) is 8.91. The third-order valence-electron chi connectivity index (χ3n) is 3.68. The van der Waals surface area contributed by atoms with Crippen LogP contribution in [-0.2, 0) is 14.3 Å². The molecule has 0 aromatic heterocycles. The van der Waals surface area contributed by atoms with Crippen LogP contribution in [0.1, 0.15) is 37.1 Å². The number of rotatable bonds is 8. The van der Waals surface area contributed by atoms with E-state index in [1.165, 1.54) is 11.8 Å². The molecule has 0 spiro atoms. The van der Waals surface area contributed by atoms with Crippen molar-refractivity contribution in [2.75, 3.05) is 26.0 Å². The SMILES string of the molecule is CCCCCOC(=O)CN1C(=O)CSC1c1ccc(OC)cc1. The first kappa shape index (κ1) is 17.7. The van der Waals surface area contributed by atoms with Gasteiger partial charge in [-0.05, 0) is 24.1 Å². The minimum absolute atomic E-state index is 0.00859. The van der Waals surface area contributed by atoms with Gasteiger partial charge in [-0.15, -0.1) is 11.8 Å². The lowest BCUT2D eigenvalue weighted by molar-refractivity contribution is -0.148. The molecule has 0 radical (unpaired) electrons. The average Bonchev–Trinajstić information content (AvgIpc) is 2.92. The van der Waals surface area contributed by atoms with E-state index in [1.807, 2.05) is 24.3 Å². The topological polar surface area (TPSA) is 55.8 Å². The van der Waals surface area contributed by atoms with Crippen LogP contribution >= 0.6 is 11.8 Å². The number of carbonyl (C=O) groups excluding carboxylic acids is 2. The van der Waals surface area contributed by atoms with Gasteiger partial charge < -0.3 is 14.4 Å². The molecule has 0 N–H and O–H groups in total. The predicted molar refractivity (Wildman–Crippen MR) is 90.4 cm³/mol. The van der Waals surface area contributed by atoms with Crippen molar-refractivity contribution >= 4 is 23.6 Å². The van der Waals surface area contributed by atoms with Crippen LogP contribution in [0.2, 0.25) is 0 Å². The Bertz CT molecular complexity index is 532. The predicted octanol–water partition coefficient (Wildman–Crippen LogP) is 3.00. The van der Waals surface area contributed by atoms with Crippen LogP contribution in [0.4, 0.5) is 0 Å². The lowest BCUT2D eigenvalue weighted by Gasteiger charge is -2.23. The van der Waals surface area contributed by atoms with Gasteiger partial charge in [0.25, 0.3) is 0 Å². The van der Waals surface area contributed by atoms with Gasteiger partial charge in [-0.2, -0.15) is 0 Å². The summed E-state index contributed by atoms with van der Waals surface area (Å²) in [5.41, 5.74) is 0.987. The average molecular weight is 337 g/mol. The molecule has 1 aromatic rings. The first-order chi connectivity index (χ1) is 11.2. The number of esters is 1. The second-order valence-corrected chi connectivity index (χ2v) is 6.45. The first-order valence-electron chi connectivity index (χ1n) is 7.86. The van der Waals surface area contributed by atoms with E-state index in [1.54, 1.807) is 12.0 Å². The molecule has 1 atom stereocenters. The van der Waals surface area contributed by atoms with E-state index in [2.05, 4.69) is 6.92 Å². The van der Waals surface area contributed by atoms with E-state index >= 15 is 0 Å². The highest BCUT2D eigenvalue weighted by Crippen LogP contribution is 2.38. The number of methoxy groups -OCH3 is 1. The lowest BCUT2D eigenvalue weighted by Crippen LogP contribution is -2.34. The fraction of sp³-hybridized carbons (Fsp3) is 0.529. The van der Waals surface area contributed by atoms with Crippen molar-refractivity contribution in [3.05, 3.63) is 29.8 Å². The highest BCUT2D eigenvalue weighted by atomic mass is 32.2. The summed E-state index contributed by atoms with van der Waals surface area (Å²) in [4.78, 5) is 25.6. The standard InChI is InChI=1S/C17H23NO4S/c1-3-4-5-10-22-16(20)11-18-15(19)12-23-17(18)13-6-8-14(21-2)9-7-13/h6-9,17H,3-5,10-12H2,1-2H3.